The summed E-state index contributed by atoms with van der Waals surface area (Å²) in [5, 5.41) is 2.99. The number of nitrogens with one attached hydrogen (secondary N) is 1. The minimum absolute atomic E-state index is 0.0486. The van der Waals surface area contributed by atoms with Gasteiger partial charge in [-0.25, -0.2) is 0 Å². The molecule has 1 heterocycles. The maximum Gasteiger partial charge on any atom is 0.230 e. The highest BCUT2D eigenvalue weighted by Gasteiger charge is 2.23. The fourth-order valence-electron chi connectivity index (χ4n) is 2.81. The summed E-state index contributed by atoms with van der Waals surface area (Å²) < 4.78 is 0. The van der Waals surface area contributed by atoms with Gasteiger partial charge in [0.25, 0.3) is 0 Å². The molecule has 1 aromatic rings. The Balaban J connectivity index is 1.91. The van der Waals surface area contributed by atoms with Gasteiger partial charge in [-0.1, -0.05) is 29.8 Å². The molecule has 2 rings (SSSR count). The van der Waals surface area contributed by atoms with Gasteiger partial charge in [0.05, 0.1) is 17.5 Å². The summed E-state index contributed by atoms with van der Waals surface area (Å²) in [5.74, 6) is 0.00905. The van der Waals surface area contributed by atoms with E-state index >= 15 is 0 Å². The van der Waals surface area contributed by atoms with E-state index in [1.165, 1.54) is 35.7 Å². The largest absolute Gasteiger partial charge is 0.369 e. The zero-order valence-electron chi connectivity index (χ0n) is 13.6. The highest BCUT2D eigenvalue weighted by atomic mass is 32.2. The van der Waals surface area contributed by atoms with Crippen molar-refractivity contribution in [2.45, 2.75) is 25.8 Å². The number of primary amides is 1. The molecule has 1 atom stereocenters. The van der Waals surface area contributed by atoms with Crippen LogP contribution in [0.25, 0.3) is 0 Å². The summed E-state index contributed by atoms with van der Waals surface area (Å²) in [6.07, 6.45) is 2.43. The molecule has 5 nitrogen and oxygen atoms in total. The quantitative estimate of drug-likeness (QED) is 0.754. The highest BCUT2D eigenvalue weighted by molar-refractivity contribution is 8.00. The maximum absolute atomic E-state index is 11.9. The normalized spacial score (nSPS) is 16.2. The molecule has 0 radical (unpaired) electrons. The average Bonchev–Trinajstić information content (AvgIpc) is 3.03. The van der Waals surface area contributed by atoms with Crippen LogP contribution < -0.4 is 11.1 Å². The minimum Gasteiger partial charge on any atom is -0.369 e. The van der Waals surface area contributed by atoms with Crippen molar-refractivity contribution in [3.8, 4) is 0 Å². The van der Waals surface area contributed by atoms with E-state index in [9.17, 15) is 9.59 Å². The predicted octanol–water partition coefficient (Wildman–Crippen LogP) is 1.47. The van der Waals surface area contributed by atoms with Gasteiger partial charge >= 0.3 is 0 Å². The summed E-state index contributed by atoms with van der Waals surface area (Å²) in [5.41, 5.74) is 7.55. The van der Waals surface area contributed by atoms with Crippen molar-refractivity contribution in [3.63, 3.8) is 0 Å². The first kappa shape index (κ1) is 17.8. The number of likely N-dealkylation sites (tertiary alicyclic amines) is 1. The molecule has 23 heavy (non-hydrogen) atoms. The van der Waals surface area contributed by atoms with Gasteiger partial charge in [-0.05, 0) is 38.4 Å². The van der Waals surface area contributed by atoms with E-state index in [0.717, 1.165) is 13.1 Å². The molecule has 1 aliphatic heterocycles. The van der Waals surface area contributed by atoms with Crippen molar-refractivity contribution in [1.29, 1.82) is 0 Å². The second kappa shape index (κ2) is 8.93. The first-order valence-corrected chi connectivity index (χ1v) is 9.15. The summed E-state index contributed by atoms with van der Waals surface area (Å²) in [4.78, 5) is 25.1. The minimum atomic E-state index is -0.391. The fraction of sp³-hybridized carbons (Fsp3) is 0.529. The Morgan fingerprint density at radius 3 is 2.48 bits per heavy atom. The number of hydrogen-bond acceptors (Lipinski definition) is 4. The molecule has 0 saturated carbocycles. The van der Waals surface area contributed by atoms with Crippen LogP contribution in [0.1, 0.15) is 30.0 Å². The van der Waals surface area contributed by atoms with E-state index in [-0.39, 0.29) is 23.5 Å². The zero-order chi connectivity index (χ0) is 16.7. The predicted molar refractivity (Wildman–Crippen MR) is 94.3 cm³/mol. The second-order valence-electron chi connectivity index (χ2n) is 5.93. The van der Waals surface area contributed by atoms with Gasteiger partial charge in [-0.3, -0.25) is 14.5 Å². The zero-order valence-corrected chi connectivity index (χ0v) is 14.4. The number of nitrogens with two attached hydrogens (primary N) is 1. The molecule has 0 aromatic heterocycles. The standard InChI is InChI=1S/C17H25N3O2S/c1-13-4-6-14(7-5-13)15(20-8-2-3-9-20)10-19-17(22)12-23-11-16(18)21/h4-7,15H,2-3,8-12H2,1H3,(H2,18,21)(H,19,22). The van der Waals surface area contributed by atoms with E-state index in [0.29, 0.717) is 6.54 Å². The number of aryl methyl sites for hydroxylation is 1. The van der Waals surface area contributed by atoms with Crippen molar-refractivity contribution < 1.29 is 9.59 Å². The SMILES string of the molecule is Cc1ccc(C(CNC(=O)CSCC(N)=O)N2CCCC2)cc1. The van der Waals surface area contributed by atoms with Crippen LogP contribution in [-0.4, -0.2) is 47.9 Å². The first-order valence-electron chi connectivity index (χ1n) is 7.99. The van der Waals surface area contributed by atoms with E-state index in [4.69, 9.17) is 5.73 Å². The molecule has 126 valence electrons. The number of nitrogens with zero attached hydrogens (tertiary/aromatic N) is 1. The summed E-state index contributed by atoms with van der Waals surface area (Å²) in [6.45, 7) is 4.82. The van der Waals surface area contributed by atoms with Gasteiger partial charge in [0, 0.05) is 6.54 Å². The molecule has 0 aliphatic carbocycles. The van der Waals surface area contributed by atoms with Crippen LogP contribution in [0, 0.1) is 6.92 Å². The Morgan fingerprint density at radius 2 is 1.87 bits per heavy atom. The number of carbonyl (C=O) groups excluding carboxylic acids is 2. The summed E-state index contributed by atoms with van der Waals surface area (Å²) in [6, 6.07) is 8.73. The molecular formula is C17H25N3O2S. The molecule has 2 amide bonds. The molecular weight excluding hydrogens is 310 g/mol. The Bertz CT molecular complexity index is 527. The third-order valence-electron chi connectivity index (χ3n) is 4.01. The number of hydrogen-bond donors (Lipinski definition) is 2. The van der Waals surface area contributed by atoms with Crippen LogP contribution in [0.4, 0.5) is 0 Å². The monoisotopic (exact) mass is 335 g/mol. The average molecular weight is 335 g/mol. The third kappa shape index (κ3) is 5.88. The number of carbonyl (C=O) groups is 2. The van der Waals surface area contributed by atoms with E-state index in [1.807, 2.05) is 0 Å². The lowest BCUT2D eigenvalue weighted by molar-refractivity contribution is -0.118. The van der Waals surface area contributed by atoms with E-state index < -0.39 is 5.91 Å². The van der Waals surface area contributed by atoms with Gasteiger partial charge in [-0.15, -0.1) is 11.8 Å². The number of benzene rings is 1. The van der Waals surface area contributed by atoms with Gasteiger partial charge in [0.1, 0.15) is 0 Å². The first-order chi connectivity index (χ1) is 11.1. The Labute approximate surface area is 142 Å². The third-order valence-corrected chi connectivity index (χ3v) is 4.97. The molecule has 1 unspecified atom stereocenters. The number of amides is 2. The smallest absolute Gasteiger partial charge is 0.230 e. The van der Waals surface area contributed by atoms with Crippen molar-refractivity contribution in [2.24, 2.45) is 5.73 Å². The molecule has 0 spiro atoms. The lowest BCUT2D eigenvalue weighted by atomic mass is 10.0. The molecule has 3 N–H and O–H groups in total. The van der Waals surface area contributed by atoms with Gasteiger partial charge in [0.15, 0.2) is 0 Å². The Morgan fingerprint density at radius 1 is 1.22 bits per heavy atom. The fourth-order valence-corrected chi connectivity index (χ4v) is 3.40. The number of rotatable bonds is 8. The van der Waals surface area contributed by atoms with Crippen LogP contribution in [0.2, 0.25) is 0 Å². The molecule has 6 heteroatoms. The topological polar surface area (TPSA) is 75.4 Å². The maximum atomic E-state index is 11.9. The van der Waals surface area contributed by atoms with Crippen LogP contribution in [0.15, 0.2) is 24.3 Å². The van der Waals surface area contributed by atoms with Crippen LogP contribution in [0.3, 0.4) is 0 Å². The van der Waals surface area contributed by atoms with Crippen molar-refractivity contribution in [3.05, 3.63) is 35.4 Å². The lowest BCUT2D eigenvalue weighted by Gasteiger charge is -2.28. The molecule has 1 aromatic carbocycles. The van der Waals surface area contributed by atoms with Gasteiger partial charge in [0.2, 0.25) is 11.8 Å². The molecule has 1 aliphatic rings. The van der Waals surface area contributed by atoms with E-state index in [2.05, 4.69) is 41.4 Å². The van der Waals surface area contributed by atoms with Crippen LogP contribution in [-0.2, 0) is 9.59 Å². The molecule has 0 bridgehead atoms. The number of thioether (sulfide) groups is 1. The highest BCUT2D eigenvalue weighted by Crippen LogP contribution is 2.24. The van der Waals surface area contributed by atoms with Gasteiger partial charge < -0.3 is 11.1 Å². The lowest BCUT2D eigenvalue weighted by Crippen LogP contribution is -2.37. The van der Waals surface area contributed by atoms with Crippen molar-refractivity contribution in [1.82, 2.24) is 10.2 Å². The Hall–Kier alpha value is -1.53. The Kier molecular flexibility index (Phi) is 6.92. The van der Waals surface area contributed by atoms with Crippen molar-refractivity contribution >= 4 is 23.6 Å². The van der Waals surface area contributed by atoms with Crippen LogP contribution >= 0.6 is 11.8 Å². The summed E-state index contributed by atoms with van der Waals surface area (Å²) in [7, 11) is 0. The van der Waals surface area contributed by atoms with Crippen LogP contribution in [0.5, 0.6) is 0 Å². The summed E-state index contributed by atoms with van der Waals surface area (Å²) >= 11 is 1.25. The molecule has 1 fully saturated rings. The van der Waals surface area contributed by atoms with Crippen molar-refractivity contribution in [2.75, 3.05) is 31.1 Å². The second-order valence-corrected chi connectivity index (χ2v) is 6.92. The molecule has 1 saturated heterocycles. The van der Waals surface area contributed by atoms with Gasteiger partial charge in [-0.2, -0.15) is 0 Å². The van der Waals surface area contributed by atoms with E-state index in [1.54, 1.807) is 0 Å².